The molecule has 1 heterocycles. The highest BCUT2D eigenvalue weighted by Gasteiger charge is 2.32. The Kier molecular flexibility index (Phi) is 4.38. The van der Waals surface area contributed by atoms with E-state index < -0.39 is 0 Å². The van der Waals surface area contributed by atoms with E-state index in [1.165, 1.54) is 12.8 Å². The van der Waals surface area contributed by atoms with Crippen LogP contribution in [0.2, 0.25) is 0 Å². The summed E-state index contributed by atoms with van der Waals surface area (Å²) in [7, 11) is 0. The maximum absolute atomic E-state index is 12.1. The zero-order valence-electron chi connectivity index (χ0n) is 10.8. The number of halogens is 1. The number of nitrogens with one attached hydrogen (secondary N) is 1. The summed E-state index contributed by atoms with van der Waals surface area (Å²) in [5, 5.41) is 3.11. The lowest BCUT2D eigenvalue weighted by atomic mass is 9.93. The first-order valence-electron chi connectivity index (χ1n) is 6.55. The van der Waals surface area contributed by atoms with E-state index in [1.807, 2.05) is 12.1 Å². The van der Waals surface area contributed by atoms with Gasteiger partial charge in [0.2, 0.25) is 0 Å². The summed E-state index contributed by atoms with van der Waals surface area (Å²) in [5.74, 6) is 1.24. The van der Waals surface area contributed by atoms with Gasteiger partial charge in [-0.25, -0.2) is 4.98 Å². The van der Waals surface area contributed by atoms with Crippen molar-refractivity contribution in [3.63, 3.8) is 0 Å². The van der Waals surface area contributed by atoms with Crippen LogP contribution < -0.4 is 5.32 Å². The van der Waals surface area contributed by atoms with Gasteiger partial charge in [0.25, 0.3) is 5.91 Å². The molecule has 1 saturated carbocycles. The number of carbonyl (C=O) groups excluding carboxylic acids is 1. The van der Waals surface area contributed by atoms with Crippen molar-refractivity contribution in [2.24, 2.45) is 11.8 Å². The van der Waals surface area contributed by atoms with Crippen molar-refractivity contribution in [3.8, 4) is 0 Å². The Morgan fingerprint density at radius 3 is 2.89 bits per heavy atom. The maximum Gasteiger partial charge on any atom is 0.270 e. The van der Waals surface area contributed by atoms with E-state index >= 15 is 0 Å². The second-order valence-electron chi connectivity index (χ2n) is 5.03. The van der Waals surface area contributed by atoms with E-state index in [1.54, 1.807) is 6.07 Å². The van der Waals surface area contributed by atoms with Crippen LogP contribution >= 0.6 is 15.9 Å². The molecule has 1 fully saturated rings. The smallest absolute Gasteiger partial charge is 0.270 e. The van der Waals surface area contributed by atoms with Crippen LogP contribution in [0, 0.1) is 11.8 Å². The van der Waals surface area contributed by atoms with Crippen LogP contribution in [-0.4, -0.2) is 16.9 Å². The highest BCUT2D eigenvalue weighted by atomic mass is 79.9. The lowest BCUT2D eigenvalue weighted by molar-refractivity contribution is 0.0921. The van der Waals surface area contributed by atoms with E-state index in [9.17, 15) is 4.79 Å². The number of carbonyl (C=O) groups is 1. The Labute approximate surface area is 117 Å². The van der Waals surface area contributed by atoms with Gasteiger partial charge < -0.3 is 5.32 Å². The largest absolute Gasteiger partial charge is 0.348 e. The molecule has 2 rings (SSSR count). The molecule has 1 aliphatic carbocycles. The summed E-state index contributed by atoms with van der Waals surface area (Å²) in [4.78, 5) is 16.3. The molecule has 0 spiro atoms. The third-order valence-corrected chi connectivity index (χ3v) is 4.46. The quantitative estimate of drug-likeness (QED) is 0.869. The minimum atomic E-state index is -0.0649. The number of amides is 1. The summed E-state index contributed by atoms with van der Waals surface area (Å²) < 4.78 is 0.695. The van der Waals surface area contributed by atoms with Gasteiger partial charge in [-0.3, -0.25) is 4.79 Å². The van der Waals surface area contributed by atoms with Crippen LogP contribution in [0.3, 0.4) is 0 Å². The average Bonchev–Trinajstić information content (AvgIpc) is 2.70. The number of hydrogen-bond acceptors (Lipinski definition) is 2. The molecule has 0 saturated heterocycles. The van der Waals surface area contributed by atoms with Crippen LogP contribution in [0.15, 0.2) is 22.8 Å². The van der Waals surface area contributed by atoms with E-state index in [0.717, 1.165) is 12.3 Å². The van der Waals surface area contributed by atoms with Crippen LogP contribution in [0.1, 0.15) is 43.6 Å². The molecular formula is C14H19BrN2O. The minimum absolute atomic E-state index is 0.0649. The first-order valence-corrected chi connectivity index (χ1v) is 7.34. The summed E-state index contributed by atoms with van der Waals surface area (Å²) in [5.41, 5.74) is 0.483. The van der Waals surface area contributed by atoms with Crippen molar-refractivity contribution in [2.75, 3.05) is 0 Å². The summed E-state index contributed by atoms with van der Waals surface area (Å²) in [6.45, 7) is 4.46. The third kappa shape index (κ3) is 2.91. The SMILES string of the molecule is CCC1CCC(NC(=O)c2cccc(Br)n2)C1C. The van der Waals surface area contributed by atoms with E-state index in [4.69, 9.17) is 0 Å². The molecule has 3 unspecified atom stereocenters. The second-order valence-corrected chi connectivity index (χ2v) is 5.84. The summed E-state index contributed by atoms with van der Waals surface area (Å²) in [6, 6.07) is 5.70. The van der Waals surface area contributed by atoms with Crippen molar-refractivity contribution >= 4 is 21.8 Å². The van der Waals surface area contributed by atoms with Gasteiger partial charge in [-0.05, 0) is 52.7 Å². The van der Waals surface area contributed by atoms with Gasteiger partial charge in [-0.2, -0.15) is 0 Å². The van der Waals surface area contributed by atoms with Gasteiger partial charge in [0.15, 0.2) is 0 Å². The minimum Gasteiger partial charge on any atom is -0.348 e. The van der Waals surface area contributed by atoms with Crippen molar-refractivity contribution in [2.45, 2.75) is 39.2 Å². The van der Waals surface area contributed by atoms with E-state index in [0.29, 0.717) is 22.3 Å². The van der Waals surface area contributed by atoms with Crippen molar-refractivity contribution in [1.29, 1.82) is 0 Å². The fraction of sp³-hybridized carbons (Fsp3) is 0.571. The van der Waals surface area contributed by atoms with E-state index in [-0.39, 0.29) is 5.91 Å². The molecule has 18 heavy (non-hydrogen) atoms. The second kappa shape index (κ2) is 5.83. The zero-order chi connectivity index (χ0) is 13.1. The predicted molar refractivity (Wildman–Crippen MR) is 75.4 cm³/mol. The van der Waals surface area contributed by atoms with Crippen molar-refractivity contribution < 1.29 is 4.79 Å². The Morgan fingerprint density at radius 1 is 1.50 bits per heavy atom. The first kappa shape index (κ1) is 13.5. The average molecular weight is 311 g/mol. The van der Waals surface area contributed by atoms with Crippen molar-refractivity contribution in [3.05, 3.63) is 28.5 Å². The Bertz CT molecular complexity index is 436. The van der Waals surface area contributed by atoms with Gasteiger partial charge in [-0.1, -0.05) is 26.3 Å². The number of rotatable bonds is 3. The molecule has 98 valence electrons. The number of nitrogens with zero attached hydrogens (tertiary/aromatic N) is 1. The van der Waals surface area contributed by atoms with Gasteiger partial charge in [-0.15, -0.1) is 0 Å². The molecule has 3 atom stereocenters. The molecule has 1 N–H and O–H groups in total. The number of hydrogen-bond donors (Lipinski definition) is 1. The van der Waals surface area contributed by atoms with Crippen LogP contribution in [0.25, 0.3) is 0 Å². The molecule has 0 bridgehead atoms. The lowest BCUT2D eigenvalue weighted by Crippen LogP contribution is -2.37. The molecule has 3 nitrogen and oxygen atoms in total. The van der Waals surface area contributed by atoms with E-state index in [2.05, 4.69) is 40.1 Å². The van der Waals surface area contributed by atoms with Gasteiger partial charge >= 0.3 is 0 Å². The molecule has 1 aromatic rings. The monoisotopic (exact) mass is 310 g/mol. The van der Waals surface area contributed by atoms with Crippen LogP contribution in [-0.2, 0) is 0 Å². The number of pyridine rings is 1. The Balaban J connectivity index is 2.00. The fourth-order valence-corrected chi connectivity index (χ4v) is 3.15. The summed E-state index contributed by atoms with van der Waals surface area (Å²) >= 11 is 3.28. The number of aromatic nitrogens is 1. The maximum atomic E-state index is 12.1. The highest BCUT2D eigenvalue weighted by molar-refractivity contribution is 9.10. The molecule has 1 aliphatic rings. The summed E-state index contributed by atoms with van der Waals surface area (Å²) in [6.07, 6.45) is 3.50. The molecule has 0 aromatic carbocycles. The molecular weight excluding hydrogens is 292 g/mol. The normalized spacial score (nSPS) is 27.2. The lowest BCUT2D eigenvalue weighted by Gasteiger charge is -2.20. The molecule has 1 amide bonds. The molecule has 0 radical (unpaired) electrons. The fourth-order valence-electron chi connectivity index (χ4n) is 2.80. The topological polar surface area (TPSA) is 42.0 Å². The van der Waals surface area contributed by atoms with Gasteiger partial charge in [0.1, 0.15) is 10.3 Å². The first-order chi connectivity index (χ1) is 8.61. The predicted octanol–water partition coefficient (Wildman–Crippen LogP) is 3.40. The zero-order valence-corrected chi connectivity index (χ0v) is 12.4. The van der Waals surface area contributed by atoms with Crippen LogP contribution in [0.5, 0.6) is 0 Å². The van der Waals surface area contributed by atoms with Crippen LogP contribution in [0.4, 0.5) is 0 Å². The highest BCUT2D eigenvalue weighted by Crippen LogP contribution is 2.33. The third-order valence-electron chi connectivity index (χ3n) is 4.02. The Morgan fingerprint density at radius 2 is 2.28 bits per heavy atom. The standard InChI is InChI=1S/C14H19BrN2O/c1-3-10-7-8-11(9(10)2)17-14(18)12-5-4-6-13(15)16-12/h4-6,9-11H,3,7-8H2,1-2H3,(H,17,18). The Hall–Kier alpha value is -0.900. The van der Waals surface area contributed by atoms with Gasteiger partial charge in [0, 0.05) is 6.04 Å². The van der Waals surface area contributed by atoms with Gasteiger partial charge in [0.05, 0.1) is 0 Å². The molecule has 0 aliphatic heterocycles. The molecule has 1 aromatic heterocycles. The van der Waals surface area contributed by atoms with Crippen molar-refractivity contribution in [1.82, 2.24) is 10.3 Å². The molecule has 4 heteroatoms.